The molecule has 35 heavy (non-hydrogen) atoms. The first-order valence-corrected chi connectivity index (χ1v) is 13.2. The van der Waals surface area contributed by atoms with Gasteiger partial charge in [-0.25, -0.2) is 35.5 Å². The first kappa shape index (κ1) is 24.1. The third-order valence-electron chi connectivity index (χ3n) is 7.10. The fourth-order valence-electron chi connectivity index (χ4n) is 5.22. The van der Waals surface area contributed by atoms with E-state index in [4.69, 9.17) is 0 Å². The fraction of sp³-hybridized carbons (Fsp3) is 0.458. The average Bonchev–Trinajstić information content (AvgIpc) is 3.50. The molecule has 2 amide bonds. The number of nitrogens with zero attached hydrogens (tertiary/aromatic N) is 2. The van der Waals surface area contributed by atoms with Crippen molar-refractivity contribution in [3.05, 3.63) is 59.4 Å². The molecule has 2 heterocycles. The molecule has 0 radical (unpaired) electrons. The van der Waals surface area contributed by atoms with Crippen molar-refractivity contribution in [2.75, 3.05) is 18.8 Å². The molecule has 3 aliphatic rings. The van der Waals surface area contributed by atoms with Crippen LogP contribution in [-0.4, -0.2) is 67.4 Å². The van der Waals surface area contributed by atoms with Crippen molar-refractivity contribution in [2.24, 2.45) is 5.92 Å². The highest BCUT2D eigenvalue weighted by Crippen LogP contribution is 2.50. The van der Waals surface area contributed by atoms with Gasteiger partial charge >= 0.3 is 6.03 Å². The summed E-state index contributed by atoms with van der Waals surface area (Å²) in [5, 5.41) is 0. The smallest absolute Gasteiger partial charge is 0.319 e. The Balaban J connectivity index is 1.48. The third kappa shape index (κ3) is 4.51. The van der Waals surface area contributed by atoms with E-state index in [0.717, 1.165) is 12.1 Å². The van der Waals surface area contributed by atoms with Crippen molar-refractivity contribution in [1.29, 1.82) is 0 Å². The van der Waals surface area contributed by atoms with Crippen molar-refractivity contribution in [1.82, 2.24) is 14.5 Å². The molecule has 2 aromatic carbocycles. The van der Waals surface area contributed by atoms with Gasteiger partial charge in [-0.2, -0.15) is 0 Å². The minimum Gasteiger partial charge on any atom is -0.319 e. The van der Waals surface area contributed by atoms with Gasteiger partial charge in [0.2, 0.25) is 10.0 Å². The fourth-order valence-corrected chi connectivity index (χ4v) is 6.13. The number of urea groups is 1. The lowest BCUT2D eigenvalue weighted by atomic mass is 9.94. The summed E-state index contributed by atoms with van der Waals surface area (Å²) in [4.78, 5) is 16.1. The maximum Gasteiger partial charge on any atom is 0.320 e. The number of alkyl halides is 1. The van der Waals surface area contributed by atoms with Crippen LogP contribution in [0, 0.1) is 23.4 Å². The summed E-state index contributed by atoms with van der Waals surface area (Å²) < 4.78 is 83.9. The van der Waals surface area contributed by atoms with Crippen LogP contribution in [0.2, 0.25) is 0 Å². The Kier molecular flexibility index (Phi) is 6.03. The van der Waals surface area contributed by atoms with E-state index in [1.54, 1.807) is 11.0 Å². The van der Waals surface area contributed by atoms with Gasteiger partial charge in [0.25, 0.3) is 0 Å². The summed E-state index contributed by atoms with van der Waals surface area (Å²) in [5.74, 6) is -2.64. The predicted molar refractivity (Wildman–Crippen MR) is 121 cm³/mol. The second-order valence-corrected chi connectivity index (χ2v) is 11.5. The summed E-state index contributed by atoms with van der Waals surface area (Å²) in [6.07, 6.45) is -0.498. The molecule has 11 heteroatoms. The number of sulfonamides is 1. The number of nitrogens with one attached hydrogen (secondary N) is 1. The Bertz CT molecular complexity index is 1250. The van der Waals surface area contributed by atoms with Crippen LogP contribution < -0.4 is 4.72 Å². The molecule has 0 bridgehead atoms. The van der Waals surface area contributed by atoms with Gasteiger partial charge < -0.3 is 9.80 Å². The third-order valence-corrected chi connectivity index (χ3v) is 8.49. The van der Waals surface area contributed by atoms with Gasteiger partial charge in [0, 0.05) is 23.7 Å². The molecule has 0 unspecified atom stereocenters. The minimum atomic E-state index is -3.61. The Morgan fingerprint density at radius 2 is 1.80 bits per heavy atom. The molecule has 1 aliphatic carbocycles. The molecule has 0 aromatic heterocycles. The van der Waals surface area contributed by atoms with E-state index in [-0.39, 0.29) is 53.9 Å². The molecule has 2 aliphatic heterocycles. The molecule has 3 fully saturated rings. The number of fused-ring (bicyclic) bond motifs is 1. The number of amides is 2. The van der Waals surface area contributed by atoms with Crippen molar-refractivity contribution in [3.63, 3.8) is 0 Å². The number of carbonyl (C=O) groups excluding carboxylic acids is 1. The van der Waals surface area contributed by atoms with Gasteiger partial charge in [-0.3, -0.25) is 0 Å². The lowest BCUT2D eigenvalue weighted by Crippen LogP contribution is -2.60. The maximum absolute atomic E-state index is 15.6. The second kappa shape index (κ2) is 8.77. The Morgan fingerprint density at radius 1 is 1.11 bits per heavy atom. The summed E-state index contributed by atoms with van der Waals surface area (Å²) in [7, 11) is -3.61. The van der Waals surface area contributed by atoms with E-state index < -0.39 is 51.8 Å². The van der Waals surface area contributed by atoms with Crippen molar-refractivity contribution < 1.29 is 30.8 Å². The van der Waals surface area contributed by atoms with Crippen molar-refractivity contribution in [3.8, 4) is 11.1 Å². The number of likely N-dealkylation sites (tertiary alicyclic amines) is 2. The van der Waals surface area contributed by atoms with Gasteiger partial charge in [0.1, 0.15) is 23.6 Å². The zero-order valence-electron chi connectivity index (χ0n) is 18.9. The molecule has 4 atom stereocenters. The van der Waals surface area contributed by atoms with Crippen LogP contribution in [0.1, 0.15) is 18.9 Å². The molecule has 1 saturated carbocycles. The van der Waals surface area contributed by atoms with E-state index >= 15 is 4.39 Å². The lowest BCUT2D eigenvalue weighted by Gasteiger charge is -2.41. The lowest BCUT2D eigenvalue weighted by molar-refractivity contribution is 0.0601. The molecule has 1 N–H and O–H groups in total. The van der Waals surface area contributed by atoms with Crippen LogP contribution in [-0.2, 0) is 16.4 Å². The molecular weight excluding hydrogens is 486 g/mol. The molecule has 2 aromatic rings. The monoisotopic (exact) mass is 511 g/mol. The number of halogens is 4. The van der Waals surface area contributed by atoms with E-state index in [1.165, 1.54) is 24.0 Å². The second-order valence-electron chi connectivity index (χ2n) is 9.41. The Labute approximate surface area is 201 Å². The Hall–Kier alpha value is -2.66. The zero-order chi connectivity index (χ0) is 25.1. The summed E-state index contributed by atoms with van der Waals surface area (Å²) in [6, 6.07) is 5.30. The average molecular weight is 512 g/mol. The first-order valence-electron chi connectivity index (χ1n) is 11.5. The van der Waals surface area contributed by atoms with Gasteiger partial charge in [-0.05, 0) is 48.9 Å². The number of piperidine rings is 1. The maximum atomic E-state index is 15.6. The molecule has 5 rings (SSSR count). The highest BCUT2D eigenvalue weighted by Gasteiger charge is 2.62. The molecular formula is C24H25F4N3O3S. The quantitative estimate of drug-likeness (QED) is 0.604. The van der Waals surface area contributed by atoms with Crippen LogP contribution in [0.3, 0.4) is 0 Å². The van der Waals surface area contributed by atoms with Gasteiger partial charge in [0.05, 0.1) is 24.9 Å². The largest absolute Gasteiger partial charge is 0.320 e. The minimum absolute atomic E-state index is 0.00404. The molecule has 0 spiro atoms. The van der Waals surface area contributed by atoms with E-state index in [9.17, 15) is 26.4 Å². The van der Waals surface area contributed by atoms with Crippen molar-refractivity contribution >= 4 is 16.1 Å². The van der Waals surface area contributed by atoms with Crippen LogP contribution >= 0.6 is 0 Å². The summed E-state index contributed by atoms with van der Waals surface area (Å²) in [6.45, 7) is 1.45. The molecule has 188 valence electrons. The van der Waals surface area contributed by atoms with Gasteiger partial charge in [-0.15, -0.1) is 0 Å². The van der Waals surface area contributed by atoms with E-state index in [0.29, 0.717) is 12.5 Å². The number of hydrogen-bond donors (Lipinski definition) is 1. The summed E-state index contributed by atoms with van der Waals surface area (Å²) in [5.41, 5.74) is 0.210. The SMILES string of the molecule is CCS(=O)(=O)N[C@@H]1[C@H]2C[C@H]2N(C(=O)N2CC(F)C2)[C@@H]1Cc1cccc(-c2cc(F)cc(F)c2)c1F. The molecule has 6 nitrogen and oxygen atoms in total. The van der Waals surface area contributed by atoms with E-state index in [1.807, 2.05) is 0 Å². The topological polar surface area (TPSA) is 69.7 Å². The van der Waals surface area contributed by atoms with Gasteiger partial charge in [0.15, 0.2) is 0 Å². The normalized spacial score (nSPS) is 26.0. The predicted octanol–water partition coefficient (Wildman–Crippen LogP) is 3.47. The van der Waals surface area contributed by atoms with E-state index in [2.05, 4.69) is 4.72 Å². The zero-order valence-corrected chi connectivity index (χ0v) is 19.7. The highest BCUT2D eigenvalue weighted by atomic mass is 32.2. The van der Waals surface area contributed by atoms with Gasteiger partial charge in [-0.1, -0.05) is 18.2 Å². The highest BCUT2D eigenvalue weighted by molar-refractivity contribution is 7.89. The number of carbonyl (C=O) groups is 1. The van der Waals surface area contributed by atoms with Crippen LogP contribution in [0.5, 0.6) is 0 Å². The summed E-state index contributed by atoms with van der Waals surface area (Å²) >= 11 is 0. The van der Waals surface area contributed by atoms with Crippen LogP contribution in [0.25, 0.3) is 11.1 Å². The number of hydrogen-bond acceptors (Lipinski definition) is 3. The molecule has 2 saturated heterocycles. The van der Waals surface area contributed by atoms with Crippen molar-refractivity contribution in [2.45, 2.75) is 44.1 Å². The first-order chi connectivity index (χ1) is 16.6. The number of benzene rings is 2. The standard InChI is InChI=1S/C24H25F4N3O3S/c1-2-35(33,34)29-23-19-10-20(19)31(24(32)30-11-17(27)12-30)21(23)8-13-4-3-5-18(22(13)28)14-6-15(25)9-16(26)7-14/h3-7,9,17,19-21,23,29H,2,8,10-12H2,1H3/t19-,20+,21+,23+/m0/s1. The Morgan fingerprint density at radius 3 is 2.43 bits per heavy atom. The van der Waals surface area contributed by atoms with Crippen LogP contribution in [0.15, 0.2) is 36.4 Å². The number of rotatable bonds is 6. The van der Waals surface area contributed by atoms with Crippen LogP contribution in [0.4, 0.5) is 22.4 Å².